The van der Waals surface area contributed by atoms with Crippen molar-refractivity contribution in [3.8, 4) is 0 Å². The summed E-state index contributed by atoms with van der Waals surface area (Å²) in [6.07, 6.45) is 7.13. The summed E-state index contributed by atoms with van der Waals surface area (Å²) < 4.78 is 5.43. The van der Waals surface area contributed by atoms with Gasteiger partial charge in [-0.15, -0.1) is 0 Å². The second-order valence-corrected chi connectivity index (χ2v) is 8.35. The van der Waals surface area contributed by atoms with Gasteiger partial charge in [-0.2, -0.15) is 0 Å². The number of carbonyl (C=O) groups excluding carboxylic acids is 2. The average Bonchev–Trinajstić information content (AvgIpc) is 2.94. The van der Waals surface area contributed by atoms with E-state index < -0.39 is 0 Å². The van der Waals surface area contributed by atoms with Gasteiger partial charge in [-0.1, -0.05) is 13.8 Å². The van der Waals surface area contributed by atoms with Crippen LogP contribution >= 0.6 is 0 Å². The summed E-state index contributed by atoms with van der Waals surface area (Å²) in [6.45, 7) is 7.84. The van der Waals surface area contributed by atoms with E-state index in [2.05, 4.69) is 24.1 Å². The molecule has 1 N–H and O–H groups in total. The summed E-state index contributed by atoms with van der Waals surface area (Å²) in [5.41, 5.74) is 0.727. The van der Waals surface area contributed by atoms with Gasteiger partial charge in [0, 0.05) is 38.0 Å². The lowest BCUT2D eigenvalue weighted by Gasteiger charge is -2.32. The molecule has 5 heteroatoms. The molecule has 0 aromatic rings. The molecule has 0 bridgehead atoms. The Morgan fingerprint density at radius 3 is 2.75 bits per heavy atom. The van der Waals surface area contributed by atoms with Crippen LogP contribution in [0.25, 0.3) is 0 Å². The minimum atomic E-state index is -0.0636. The number of hydrogen-bond donors (Lipinski definition) is 1. The first kappa shape index (κ1) is 17.6. The van der Waals surface area contributed by atoms with Crippen molar-refractivity contribution >= 4 is 11.7 Å². The number of likely N-dealkylation sites (tertiary alicyclic amines) is 1. The lowest BCUT2D eigenvalue weighted by Crippen LogP contribution is -2.46. The van der Waals surface area contributed by atoms with E-state index in [1.807, 2.05) is 0 Å². The van der Waals surface area contributed by atoms with Gasteiger partial charge in [0.1, 0.15) is 0 Å². The van der Waals surface area contributed by atoms with Crippen LogP contribution in [-0.2, 0) is 14.3 Å². The Bertz CT molecular complexity index is 521. The fraction of sp³-hybridized carbons (Fsp3) is 0.789. The maximum absolute atomic E-state index is 12.8. The highest BCUT2D eigenvalue weighted by Crippen LogP contribution is 2.33. The summed E-state index contributed by atoms with van der Waals surface area (Å²) >= 11 is 0. The Labute approximate surface area is 144 Å². The topological polar surface area (TPSA) is 58.6 Å². The molecule has 1 atom stereocenters. The first-order valence-corrected chi connectivity index (χ1v) is 9.29. The Hall–Kier alpha value is -1.20. The van der Waals surface area contributed by atoms with Crippen molar-refractivity contribution in [3.63, 3.8) is 0 Å². The number of amides is 1. The van der Waals surface area contributed by atoms with Gasteiger partial charge in [0.15, 0.2) is 5.78 Å². The van der Waals surface area contributed by atoms with Gasteiger partial charge >= 0.3 is 0 Å². The van der Waals surface area contributed by atoms with E-state index in [4.69, 9.17) is 4.74 Å². The molecule has 24 heavy (non-hydrogen) atoms. The third-order valence-electron chi connectivity index (χ3n) is 5.44. The maximum atomic E-state index is 12.8. The largest absolute Gasteiger partial charge is 0.381 e. The van der Waals surface area contributed by atoms with Crippen LogP contribution in [0.15, 0.2) is 11.8 Å². The second-order valence-electron chi connectivity index (χ2n) is 8.35. The highest BCUT2D eigenvalue weighted by atomic mass is 16.5. The Balaban J connectivity index is 1.58. The monoisotopic (exact) mass is 334 g/mol. The molecule has 1 amide bonds. The van der Waals surface area contributed by atoms with Crippen LogP contribution in [0.4, 0.5) is 0 Å². The fourth-order valence-corrected chi connectivity index (χ4v) is 4.27. The highest BCUT2D eigenvalue weighted by molar-refractivity contribution is 5.93. The molecular formula is C19H30N2O3. The molecule has 2 heterocycles. The highest BCUT2D eigenvalue weighted by Gasteiger charge is 2.34. The molecule has 0 aromatic carbocycles. The van der Waals surface area contributed by atoms with Crippen molar-refractivity contribution in [2.24, 2.45) is 11.3 Å². The maximum Gasteiger partial charge on any atom is 0.241 e. The second kappa shape index (κ2) is 7.36. The van der Waals surface area contributed by atoms with Crippen LogP contribution < -0.4 is 5.32 Å². The predicted molar refractivity (Wildman–Crippen MR) is 92.4 cm³/mol. The van der Waals surface area contributed by atoms with Crippen molar-refractivity contribution in [2.45, 2.75) is 58.4 Å². The average molecular weight is 334 g/mol. The van der Waals surface area contributed by atoms with Crippen molar-refractivity contribution in [2.75, 3.05) is 26.3 Å². The van der Waals surface area contributed by atoms with Crippen molar-refractivity contribution in [1.29, 1.82) is 0 Å². The van der Waals surface area contributed by atoms with Crippen LogP contribution in [-0.4, -0.2) is 48.9 Å². The molecular weight excluding hydrogens is 304 g/mol. The van der Waals surface area contributed by atoms with E-state index in [1.54, 1.807) is 6.08 Å². The number of ether oxygens (including phenoxy) is 1. The van der Waals surface area contributed by atoms with E-state index in [0.717, 1.165) is 64.1 Å². The quantitative estimate of drug-likeness (QED) is 0.857. The zero-order chi connectivity index (χ0) is 17.2. The molecule has 0 aromatic heterocycles. The van der Waals surface area contributed by atoms with E-state index in [9.17, 15) is 9.59 Å². The standard InChI is InChI=1S/C19H30N2O3/c1-19(2)11-15(10-16(22)12-19)20-18(23)17-4-3-7-21(17)13-14-5-8-24-9-6-14/h10,14,17H,3-9,11-13H2,1-2H3,(H,20,23)/t17-/m0/s1. The molecule has 3 aliphatic rings. The Morgan fingerprint density at radius 2 is 2.04 bits per heavy atom. The van der Waals surface area contributed by atoms with Gasteiger partial charge in [-0.25, -0.2) is 0 Å². The van der Waals surface area contributed by atoms with E-state index in [-0.39, 0.29) is 23.1 Å². The van der Waals surface area contributed by atoms with Crippen molar-refractivity contribution in [3.05, 3.63) is 11.8 Å². The van der Waals surface area contributed by atoms with Crippen LogP contribution in [0.3, 0.4) is 0 Å². The van der Waals surface area contributed by atoms with Gasteiger partial charge in [0.2, 0.25) is 5.91 Å². The number of rotatable bonds is 4. The van der Waals surface area contributed by atoms with Crippen LogP contribution in [0.5, 0.6) is 0 Å². The Kier molecular flexibility index (Phi) is 5.40. The predicted octanol–water partition coefficient (Wildman–Crippen LogP) is 2.27. The van der Waals surface area contributed by atoms with Gasteiger partial charge in [-0.05, 0) is 50.0 Å². The van der Waals surface area contributed by atoms with Crippen LogP contribution in [0.2, 0.25) is 0 Å². The third-order valence-corrected chi connectivity index (χ3v) is 5.44. The zero-order valence-corrected chi connectivity index (χ0v) is 15.0. The lowest BCUT2D eigenvalue weighted by molar-refractivity contribution is -0.125. The molecule has 134 valence electrons. The molecule has 2 aliphatic heterocycles. The fourth-order valence-electron chi connectivity index (χ4n) is 4.27. The molecule has 2 saturated heterocycles. The Morgan fingerprint density at radius 1 is 1.29 bits per heavy atom. The number of ketones is 1. The van der Waals surface area contributed by atoms with Gasteiger partial charge in [-0.3, -0.25) is 14.5 Å². The molecule has 3 rings (SSSR count). The normalized spacial score (nSPS) is 28.7. The number of nitrogens with zero attached hydrogens (tertiary/aromatic N) is 1. The van der Waals surface area contributed by atoms with Crippen molar-refractivity contribution in [1.82, 2.24) is 10.2 Å². The SMILES string of the molecule is CC1(C)CC(=O)C=C(NC(=O)[C@@H]2CCCN2CC2CCOCC2)C1. The van der Waals surface area contributed by atoms with Crippen molar-refractivity contribution < 1.29 is 14.3 Å². The van der Waals surface area contributed by atoms with Crippen LogP contribution in [0, 0.1) is 11.3 Å². The van der Waals surface area contributed by atoms with Crippen LogP contribution in [0.1, 0.15) is 52.4 Å². The molecule has 0 radical (unpaired) electrons. The van der Waals surface area contributed by atoms with Gasteiger partial charge in [0.05, 0.1) is 6.04 Å². The molecule has 1 aliphatic carbocycles. The summed E-state index contributed by atoms with van der Waals surface area (Å²) in [5, 5.41) is 3.05. The number of hydrogen-bond acceptors (Lipinski definition) is 4. The minimum Gasteiger partial charge on any atom is -0.381 e. The summed E-state index contributed by atoms with van der Waals surface area (Å²) in [4.78, 5) is 27.0. The number of nitrogens with one attached hydrogen (secondary N) is 1. The number of carbonyl (C=O) groups is 2. The molecule has 0 saturated carbocycles. The molecule has 0 unspecified atom stereocenters. The minimum absolute atomic E-state index is 0.0473. The molecule has 0 spiro atoms. The summed E-state index contributed by atoms with van der Waals surface area (Å²) in [5.74, 6) is 0.824. The summed E-state index contributed by atoms with van der Waals surface area (Å²) in [6, 6.07) is -0.0473. The van der Waals surface area contributed by atoms with Gasteiger partial charge in [0.25, 0.3) is 0 Å². The third kappa shape index (κ3) is 4.45. The lowest BCUT2D eigenvalue weighted by atomic mass is 9.79. The van der Waals surface area contributed by atoms with Gasteiger partial charge < -0.3 is 10.1 Å². The first-order valence-electron chi connectivity index (χ1n) is 9.29. The van der Waals surface area contributed by atoms with E-state index in [1.165, 1.54) is 0 Å². The molecule has 5 nitrogen and oxygen atoms in total. The summed E-state index contributed by atoms with van der Waals surface area (Å²) in [7, 11) is 0. The number of allylic oxidation sites excluding steroid dienone is 2. The first-order chi connectivity index (χ1) is 11.4. The smallest absolute Gasteiger partial charge is 0.241 e. The van der Waals surface area contributed by atoms with E-state index >= 15 is 0 Å². The molecule has 2 fully saturated rings. The zero-order valence-electron chi connectivity index (χ0n) is 15.0. The van der Waals surface area contributed by atoms with E-state index in [0.29, 0.717) is 12.3 Å².